The third-order valence-electron chi connectivity index (χ3n) is 8.36. The second kappa shape index (κ2) is 11.8. The maximum atomic E-state index is 13.8. The van der Waals surface area contributed by atoms with Crippen molar-refractivity contribution in [2.45, 2.75) is 30.9 Å². The molecule has 0 unspecified atom stereocenters. The quantitative estimate of drug-likeness (QED) is 0.189. The molecule has 6 nitrogen and oxygen atoms in total. The smallest absolute Gasteiger partial charge is 0.405 e. The van der Waals surface area contributed by atoms with Crippen LogP contribution in [0.2, 0.25) is 0 Å². The largest absolute Gasteiger partial charge is 0.457 e. The Morgan fingerprint density at radius 2 is 1.56 bits per heavy atom. The summed E-state index contributed by atoms with van der Waals surface area (Å²) < 4.78 is 59.1. The average molecular weight is 593 g/mol. The number of anilines is 1. The van der Waals surface area contributed by atoms with E-state index in [1.165, 1.54) is 12.1 Å². The Hall–Kier alpha value is -4.18. The van der Waals surface area contributed by atoms with Gasteiger partial charge in [0.1, 0.15) is 35.1 Å². The van der Waals surface area contributed by atoms with Gasteiger partial charge < -0.3 is 15.0 Å². The van der Waals surface area contributed by atoms with Crippen LogP contribution in [-0.4, -0.2) is 61.2 Å². The molecule has 0 atom stereocenters. The van der Waals surface area contributed by atoms with Gasteiger partial charge in [0, 0.05) is 42.7 Å². The van der Waals surface area contributed by atoms with Gasteiger partial charge >= 0.3 is 6.18 Å². The summed E-state index contributed by atoms with van der Waals surface area (Å²) in [5.74, 6) is 0.863. The Morgan fingerprint density at radius 3 is 2.23 bits per heavy atom. The van der Waals surface area contributed by atoms with Crippen LogP contribution in [0.5, 0.6) is 11.5 Å². The number of aromatic nitrogens is 1. The molecule has 2 aliphatic rings. The highest BCUT2D eigenvalue weighted by Gasteiger charge is 2.48. The van der Waals surface area contributed by atoms with Crippen LogP contribution in [0.4, 0.5) is 23.4 Å². The zero-order chi connectivity index (χ0) is 30.0. The summed E-state index contributed by atoms with van der Waals surface area (Å²) in [4.78, 5) is 23.0. The van der Waals surface area contributed by atoms with Gasteiger partial charge in [-0.25, -0.2) is 9.37 Å². The Bertz CT molecular complexity index is 1570. The molecule has 3 heterocycles. The van der Waals surface area contributed by atoms with E-state index in [2.05, 4.69) is 15.1 Å². The number of fused-ring (bicyclic) bond motifs is 3. The number of halogens is 4. The molecule has 2 aliphatic heterocycles. The second-order valence-electron chi connectivity index (χ2n) is 11.1. The summed E-state index contributed by atoms with van der Waals surface area (Å²) in [6.07, 6.45) is -2.77. The number of piperazine rings is 1. The predicted octanol–water partition coefficient (Wildman–Crippen LogP) is 6.44. The van der Waals surface area contributed by atoms with E-state index in [1.807, 2.05) is 12.1 Å². The van der Waals surface area contributed by atoms with Crippen molar-refractivity contribution < 1.29 is 27.1 Å². The highest BCUT2D eigenvalue weighted by atomic mass is 19.4. The number of benzene rings is 3. The summed E-state index contributed by atoms with van der Waals surface area (Å²) >= 11 is 0. The number of carbonyl (C=O) groups is 1. The molecule has 0 saturated carbocycles. The number of ether oxygens (including phenoxy) is 1. The number of hydrogen-bond acceptors (Lipinski definition) is 5. The van der Waals surface area contributed by atoms with Gasteiger partial charge in [0.25, 0.3) is 0 Å². The molecule has 0 radical (unpaired) electrons. The Kier molecular flexibility index (Phi) is 7.96. The first-order valence-electron chi connectivity index (χ1n) is 14.5. The van der Waals surface area contributed by atoms with Gasteiger partial charge in [0.15, 0.2) is 0 Å². The first-order valence-corrected chi connectivity index (χ1v) is 14.5. The first kappa shape index (κ1) is 28.9. The number of nitrogens with one attached hydrogen (secondary N) is 1. The fourth-order valence-electron chi connectivity index (χ4n) is 6.23. The summed E-state index contributed by atoms with van der Waals surface area (Å²) in [7, 11) is 0. The minimum atomic E-state index is -4.52. The van der Waals surface area contributed by atoms with Gasteiger partial charge in [-0.1, -0.05) is 42.8 Å². The van der Waals surface area contributed by atoms with Crippen molar-refractivity contribution in [2.75, 3.05) is 44.2 Å². The number of amides is 1. The van der Waals surface area contributed by atoms with E-state index in [0.29, 0.717) is 35.5 Å². The normalized spacial score (nSPS) is 16.3. The number of hydrogen-bond donors (Lipinski definition) is 1. The number of pyridine rings is 1. The summed E-state index contributed by atoms with van der Waals surface area (Å²) in [5.41, 5.74) is 0.603. The molecule has 4 aromatic rings. The number of unbranched alkanes of at least 4 members (excludes halogenated alkanes) is 1. The Labute approximate surface area is 247 Å². The number of carbonyl (C=O) groups excluding carboxylic acids is 1. The maximum Gasteiger partial charge on any atom is 0.405 e. The predicted molar refractivity (Wildman–Crippen MR) is 157 cm³/mol. The van der Waals surface area contributed by atoms with Gasteiger partial charge in [0.05, 0.1) is 5.52 Å². The van der Waals surface area contributed by atoms with Crippen molar-refractivity contribution in [1.29, 1.82) is 0 Å². The third-order valence-corrected chi connectivity index (χ3v) is 8.36. The number of rotatable bonds is 8. The van der Waals surface area contributed by atoms with Gasteiger partial charge in [-0.05, 0) is 61.9 Å². The van der Waals surface area contributed by atoms with Crippen LogP contribution in [0, 0.1) is 5.82 Å². The van der Waals surface area contributed by atoms with Crippen molar-refractivity contribution in [3.8, 4) is 11.5 Å². The SMILES string of the molecule is O=C(NCC(F)(F)F)C1(CCCCN2CCN(c3ccc4cc(F)ccc4n3)CC2)c2ccccc2Oc2ccccc21. The fourth-order valence-corrected chi connectivity index (χ4v) is 6.23. The molecular weight excluding hydrogens is 560 g/mol. The topological polar surface area (TPSA) is 57.7 Å². The van der Waals surface area contributed by atoms with Crippen LogP contribution in [0.3, 0.4) is 0 Å². The molecule has 1 fully saturated rings. The monoisotopic (exact) mass is 592 g/mol. The third kappa shape index (κ3) is 6.01. The Morgan fingerprint density at radius 1 is 0.884 bits per heavy atom. The summed E-state index contributed by atoms with van der Waals surface area (Å²) in [5, 5.41) is 2.95. The minimum absolute atomic E-state index is 0.284. The molecule has 43 heavy (non-hydrogen) atoms. The molecule has 0 aliphatic carbocycles. The van der Waals surface area contributed by atoms with Crippen LogP contribution < -0.4 is 15.0 Å². The van der Waals surface area contributed by atoms with E-state index >= 15 is 0 Å². The zero-order valence-corrected chi connectivity index (χ0v) is 23.5. The van der Waals surface area contributed by atoms with Crippen molar-refractivity contribution in [3.05, 3.63) is 95.8 Å². The molecule has 1 aromatic heterocycles. The molecule has 0 spiro atoms. The van der Waals surface area contributed by atoms with E-state index < -0.39 is 24.0 Å². The lowest BCUT2D eigenvalue weighted by Crippen LogP contribution is -2.49. The van der Waals surface area contributed by atoms with Gasteiger partial charge in [0.2, 0.25) is 5.91 Å². The van der Waals surface area contributed by atoms with E-state index in [4.69, 9.17) is 9.72 Å². The maximum absolute atomic E-state index is 13.8. The van der Waals surface area contributed by atoms with E-state index in [9.17, 15) is 22.4 Å². The highest BCUT2D eigenvalue weighted by molar-refractivity contribution is 5.94. The molecule has 3 aromatic carbocycles. The lowest BCUT2D eigenvalue weighted by Gasteiger charge is -2.39. The van der Waals surface area contributed by atoms with Crippen molar-refractivity contribution >= 4 is 22.6 Å². The van der Waals surface area contributed by atoms with Crippen LogP contribution in [0.1, 0.15) is 30.4 Å². The number of nitrogens with zero attached hydrogens (tertiary/aromatic N) is 3. The van der Waals surface area contributed by atoms with Crippen molar-refractivity contribution in [3.63, 3.8) is 0 Å². The minimum Gasteiger partial charge on any atom is -0.457 e. The zero-order valence-electron chi connectivity index (χ0n) is 23.5. The molecule has 1 saturated heterocycles. The second-order valence-corrected chi connectivity index (χ2v) is 11.1. The van der Waals surface area contributed by atoms with E-state index in [1.54, 1.807) is 54.6 Å². The van der Waals surface area contributed by atoms with Crippen LogP contribution in [0.25, 0.3) is 10.9 Å². The first-order chi connectivity index (χ1) is 20.7. The standard InChI is InChI=1S/C33H32F4N4O2/c34-24-12-13-27-23(21-24)11-14-30(39-27)41-19-17-40(18-20-41)16-6-5-15-32(31(42)38-22-33(35,36)37)25-7-1-3-9-28(25)43-29-10-4-2-8-26(29)32/h1-4,7-14,21H,5-6,15-20,22H2,(H,38,42). The summed E-state index contributed by atoms with van der Waals surface area (Å²) in [6, 6.07) is 22.6. The van der Waals surface area contributed by atoms with Gasteiger partial charge in [-0.3, -0.25) is 9.69 Å². The molecule has 6 rings (SSSR count). The van der Waals surface area contributed by atoms with Gasteiger partial charge in [-0.15, -0.1) is 0 Å². The Balaban J connectivity index is 1.13. The van der Waals surface area contributed by atoms with Gasteiger partial charge in [-0.2, -0.15) is 13.2 Å². The lowest BCUT2D eigenvalue weighted by molar-refractivity contribution is -0.141. The summed E-state index contributed by atoms with van der Waals surface area (Å²) in [6.45, 7) is 2.66. The van der Waals surface area contributed by atoms with E-state index in [0.717, 1.165) is 55.9 Å². The van der Waals surface area contributed by atoms with Crippen molar-refractivity contribution in [2.24, 2.45) is 0 Å². The number of alkyl halides is 3. The molecule has 1 amide bonds. The molecule has 1 N–H and O–H groups in total. The molecule has 10 heteroatoms. The van der Waals surface area contributed by atoms with Crippen LogP contribution in [0.15, 0.2) is 78.9 Å². The van der Waals surface area contributed by atoms with Crippen LogP contribution >= 0.6 is 0 Å². The van der Waals surface area contributed by atoms with E-state index in [-0.39, 0.29) is 5.82 Å². The lowest BCUT2D eigenvalue weighted by atomic mass is 9.68. The molecular formula is C33H32F4N4O2. The average Bonchev–Trinajstić information content (AvgIpc) is 3.01. The molecule has 224 valence electrons. The molecule has 0 bridgehead atoms. The fraction of sp³-hybridized carbons (Fsp3) is 0.333. The number of para-hydroxylation sites is 2. The van der Waals surface area contributed by atoms with Crippen molar-refractivity contribution in [1.82, 2.24) is 15.2 Å². The van der Waals surface area contributed by atoms with Crippen LogP contribution in [-0.2, 0) is 10.2 Å². The highest BCUT2D eigenvalue weighted by Crippen LogP contribution is 2.50.